The second-order valence-electron chi connectivity index (χ2n) is 6.83. The van der Waals surface area contributed by atoms with Gasteiger partial charge in [-0.05, 0) is 51.0 Å². The van der Waals surface area contributed by atoms with Crippen molar-refractivity contribution < 1.29 is 4.79 Å². The Morgan fingerprint density at radius 2 is 1.78 bits per heavy atom. The molecule has 0 aliphatic heterocycles. The molecule has 1 aromatic heterocycles. The highest BCUT2D eigenvalue weighted by atomic mass is 32.2. The van der Waals surface area contributed by atoms with Gasteiger partial charge in [0.05, 0.1) is 11.4 Å². The number of thiazole rings is 1. The van der Waals surface area contributed by atoms with E-state index in [1.165, 1.54) is 27.4 Å². The van der Waals surface area contributed by atoms with Crippen molar-refractivity contribution in [3.8, 4) is 0 Å². The van der Waals surface area contributed by atoms with Crippen LogP contribution in [-0.2, 0) is 10.5 Å². The van der Waals surface area contributed by atoms with Crippen molar-refractivity contribution in [3.63, 3.8) is 0 Å². The highest BCUT2D eigenvalue weighted by Crippen LogP contribution is 2.35. The number of carbonyl (C=O) groups excluding carboxylic acids is 1. The predicted molar refractivity (Wildman–Crippen MR) is 116 cm³/mol. The van der Waals surface area contributed by atoms with Crippen molar-refractivity contribution in [2.24, 2.45) is 0 Å². The van der Waals surface area contributed by atoms with Crippen LogP contribution in [0.3, 0.4) is 0 Å². The van der Waals surface area contributed by atoms with E-state index in [1.54, 1.807) is 23.6 Å². The molecular weight excluding hydrogens is 372 g/mol. The first-order valence-corrected chi connectivity index (χ1v) is 10.7. The summed E-state index contributed by atoms with van der Waals surface area (Å²) in [6.45, 7) is 9.87. The van der Waals surface area contributed by atoms with Gasteiger partial charge in [0.25, 0.3) is 0 Å². The highest BCUT2D eigenvalue weighted by molar-refractivity contribution is 7.98. The van der Waals surface area contributed by atoms with Crippen LogP contribution >= 0.6 is 23.1 Å². The molecule has 0 radical (unpaired) electrons. The van der Waals surface area contributed by atoms with E-state index in [-0.39, 0.29) is 5.91 Å². The molecule has 5 heteroatoms. The van der Waals surface area contributed by atoms with Crippen LogP contribution in [0.15, 0.2) is 46.7 Å². The van der Waals surface area contributed by atoms with Gasteiger partial charge in [-0.2, -0.15) is 0 Å². The van der Waals surface area contributed by atoms with Crippen molar-refractivity contribution in [1.82, 2.24) is 4.98 Å². The number of anilines is 2. The van der Waals surface area contributed by atoms with Gasteiger partial charge in [-0.3, -0.25) is 9.69 Å². The van der Waals surface area contributed by atoms with Crippen molar-refractivity contribution in [2.75, 3.05) is 4.90 Å². The van der Waals surface area contributed by atoms with Crippen LogP contribution in [-0.4, -0.2) is 10.9 Å². The molecule has 0 bridgehead atoms. The maximum atomic E-state index is 12.4. The SMILES string of the molecule is CC(=O)N(c1nc(CSc2cccc(C)c2)cs1)c1c(C)cc(C)cc1C. The van der Waals surface area contributed by atoms with Gasteiger partial charge in [-0.1, -0.05) is 35.4 Å². The molecule has 3 aromatic rings. The summed E-state index contributed by atoms with van der Waals surface area (Å²) in [6.07, 6.45) is 0. The van der Waals surface area contributed by atoms with Gasteiger partial charge in [0.1, 0.15) is 0 Å². The molecule has 0 atom stereocenters. The van der Waals surface area contributed by atoms with E-state index in [4.69, 9.17) is 4.98 Å². The van der Waals surface area contributed by atoms with E-state index in [9.17, 15) is 4.79 Å². The summed E-state index contributed by atoms with van der Waals surface area (Å²) in [5.74, 6) is 0.773. The Bertz CT molecular complexity index is 955. The Kier molecular flexibility index (Phi) is 6.02. The van der Waals surface area contributed by atoms with Crippen molar-refractivity contribution >= 4 is 39.8 Å². The lowest BCUT2D eigenvalue weighted by Crippen LogP contribution is -2.24. The lowest BCUT2D eigenvalue weighted by atomic mass is 10.0. The molecule has 0 aliphatic carbocycles. The molecular formula is C22H24N2OS2. The van der Waals surface area contributed by atoms with Crippen LogP contribution in [0.2, 0.25) is 0 Å². The number of aromatic nitrogens is 1. The average molecular weight is 397 g/mol. The van der Waals surface area contributed by atoms with Gasteiger partial charge in [-0.15, -0.1) is 23.1 Å². The van der Waals surface area contributed by atoms with Gasteiger partial charge in [0, 0.05) is 23.0 Å². The molecule has 0 saturated carbocycles. The summed E-state index contributed by atoms with van der Waals surface area (Å²) in [5.41, 5.74) is 6.58. The molecule has 0 spiro atoms. The lowest BCUT2D eigenvalue weighted by molar-refractivity contribution is -0.115. The van der Waals surface area contributed by atoms with Gasteiger partial charge in [-0.25, -0.2) is 4.98 Å². The topological polar surface area (TPSA) is 33.2 Å². The highest BCUT2D eigenvalue weighted by Gasteiger charge is 2.21. The molecule has 0 N–H and O–H groups in total. The molecule has 1 heterocycles. The van der Waals surface area contributed by atoms with Crippen LogP contribution in [0.25, 0.3) is 0 Å². The number of nitrogens with zero attached hydrogens (tertiary/aromatic N) is 2. The molecule has 140 valence electrons. The molecule has 1 amide bonds. The fourth-order valence-corrected chi connectivity index (χ4v) is 5.13. The quantitative estimate of drug-likeness (QED) is 0.471. The maximum Gasteiger partial charge on any atom is 0.230 e. The Balaban J connectivity index is 1.85. The minimum Gasteiger partial charge on any atom is -0.274 e. The number of thioether (sulfide) groups is 1. The molecule has 0 unspecified atom stereocenters. The first-order chi connectivity index (χ1) is 12.8. The Hall–Kier alpha value is -2.11. The molecule has 0 saturated heterocycles. The van der Waals surface area contributed by atoms with E-state index in [0.29, 0.717) is 0 Å². The van der Waals surface area contributed by atoms with Crippen LogP contribution in [0, 0.1) is 27.7 Å². The summed E-state index contributed by atoms with van der Waals surface area (Å²) in [5, 5.41) is 2.78. The third-order valence-electron chi connectivity index (χ3n) is 4.28. The summed E-state index contributed by atoms with van der Waals surface area (Å²) < 4.78 is 0. The maximum absolute atomic E-state index is 12.4. The monoisotopic (exact) mass is 396 g/mol. The summed E-state index contributed by atoms with van der Waals surface area (Å²) in [4.78, 5) is 20.2. The second kappa shape index (κ2) is 8.28. The molecule has 3 rings (SSSR count). The third-order valence-corrected chi connectivity index (χ3v) is 6.18. The molecule has 0 fully saturated rings. The van der Waals surface area contributed by atoms with Gasteiger partial charge < -0.3 is 0 Å². The summed E-state index contributed by atoms with van der Waals surface area (Å²) in [6, 6.07) is 12.7. The fourth-order valence-electron chi connectivity index (χ4n) is 3.24. The second-order valence-corrected chi connectivity index (χ2v) is 8.71. The smallest absolute Gasteiger partial charge is 0.230 e. The zero-order valence-corrected chi connectivity index (χ0v) is 18.0. The van der Waals surface area contributed by atoms with Crippen LogP contribution in [0.1, 0.15) is 34.9 Å². The van der Waals surface area contributed by atoms with E-state index < -0.39 is 0 Å². The van der Waals surface area contributed by atoms with E-state index in [0.717, 1.165) is 33.4 Å². The number of benzene rings is 2. The Labute approximate surface area is 169 Å². The molecule has 27 heavy (non-hydrogen) atoms. The van der Waals surface area contributed by atoms with Gasteiger partial charge in [0.2, 0.25) is 5.91 Å². The number of rotatable bonds is 5. The van der Waals surface area contributed by atoms with Gasteiger partial charge in [0.15, 0.2) is 5.13 Å². The molecule has 0 aliphatic rings. The number of amides is 1. The summed E-state index contributed by atoms with van der Waals surface area (Å²) in [7, 11) is 0. The number of carbonyl (C=O) groups is 1. The Morgan fingerprint density at radius 3 is 2.41 bits per heavy atom. The number of hydrogen-bond donors (Lipinski definition) is 0. The Morgan fingerprint density at radius 1 is 1.07 bits per heavy atom. The minimum absolute atomic E-state index is 0.0164. The number of hydrogen-bond acceptors (Lipinski definition) is 4. The first kappa shape index (κ1) is 19.6. The van der Waals surface area contributed by atoms with Crippen molar-refractivity contribution in [3.05, 3.63) is 69.7 Å². The van der Waals surface area contributed by atoms with Crippen LogP contribution < -0.4 is 4.90 Å². The predicted octanol–water partition coefficient (Wildman–Crippen LogP) is 6.35. The van der Waals surface area contributed by atoms with Crippen molar-refractivity contribution in [1.29, 1.82) is 0 Å². The largest absolute Gasteiger partial charge is 0.274 e. The average Bonchev–Trinajstić information content (AvgIpc) is 3.04. The fraction of sp³-hybridized carbons (Fsp3) is 0.273. The normalized spacial score (nSPS) is 10.9. The molecule has 3 nitrogen and oxygen atoms in total. The van der Waals surface area contributed by atoms with E-state index in [1.807, 2.05) is 19.2 Å². The third kappa shape index (κ3) is 4.60. The van der Waals surface area contributed by atoms with Gasteiger partial charge >= 0.3 is 0 Å². The van der Waals surface area contributed by atoms with E-state index >= 15 is 0 Å². The number of aryl methyl sites for hydroxylation is 4. The lowest BCUT2D eigenvalue weighted by Gasteiger charge is -2.23. The van der Waals surface area contributed by atoms with Crippen molar-refractivity contribution in [2.45, 2.75) is 45.3 Å². The first-order valence-electron chi connectivity index (χ1n) is 8.87. The van der Waals surface area contributed by atoms with Crippen LogP contribution in [0.4, 0.5) is 10.8 Å². The molecule has 2 aromatic carbocycles. The van der Waals surface area contributed by atoms with Crippen LogP contribution in [0.5, 0.6) is 0 Å². The standard InChI is InChI=1S/C22H24N2OS2/c1-14-7-6-8-20(11-14)26-12-19-13-27-22(23-19)24(18(5)25)21-16(3)9-15(2)10-17(21)4/h6-11,13H,12H2,1-5H3. The zero-order chi connectivity index (χ0) is 19.6. The van der Waals surface area contributed by atoms with E-state index in [2.05, 4.69) is 50.2 Å². The summed E-state index contributed by atoms with van der Waals surface area (Å²) >= 11 is 3.29. The minimum atomic E-state index is -0.0164. The zero-order valence-electron chi connectivity index (χ0n) is 16.4.